The van der Waals surface area contributed by atoms with E-state index in [2.05, 4.69) is 252 Å². The van der Waals surface area contributed by atoms with Gasteiger partial charge in [-0.05, 0) is 122 Å². The minimum absolute atomic E-state index is 1.09. The molecule has 11 aromatic rings. The maximum atomic E-state index is 2.42. The van der Waals surface area contributed by atoms with Gasteiger partial charge in [0.1, 0.15) is 0 Å². The van der Waals surface area contributed by atoms with Crippen LogP contribution in [0.25, 0.3) is 82.8 Å². The Morgan fingerprint density at radius 1 is 0.283 bits per heavy atom. The number of aromatic nitrogens is 1. The largest absolute Gasteiger partial charge is 0.310 e. The molecule has 0 unspecified atom stereocenters. The molecule has 0 radical (unpaired) electrons. The molecule has 0 spiro atoms. The summed E-state index contributed by atoms with van der Waals surface area (Å²) in [6, 6.07) is 87.8. The molecular weight excluding hydrogens is 725 g/mol. The molecule has 2 heteroatoms. The first-order chi connectivity index (χ1) is 29.8. The Morgan fingerprint density at radius 2 is 0.783 bits per heavy atom. The van der Waals surface area contributed by atoms with E-state index in [0.29, 0.717) is 0 Å². The third kappa shape index (κ3) is 6.32. The Hall–Kier alpha value is -7.94. The zero-order chi connectivity index (χ0) is 39.8. The number of para-hydroxylation sites is 1. The lowest BCUT2D eigenvalue weighted by Crippen LogP contribution is -2.10. The Bertz CT molecular complexity index is 3270. The Balaban J connectivity index is 1.06. The van der Waals surface area contributed by atoms with E-state index >= 15 is 0 Å². The number of hydrogen-bond acceptors (Lipinski definition) is 1. The number of hydrogen-bond donors (Lipinski definition) is 0. The van der Waals surface area contributed by atoms with Crippen LogP contribution in [0.2, 0.25) is 0 Å². The van der Waals surface area contributed by atoms with E-state index in [1.807, 2.05) is 0 Å². The quantitative estimate of drug-likeness (QED) is 0.150. The molecule has 0 N–H and O–H groups in total. The van der Waals surface area contributed by atoms with Crippen LogP contribution in [0.15, 0.2) is 243 Å². The second kappa shape index (κ2) is 15.1. The monoisotopic (exact) mass is 764 g/mol. The van der Waals surface area contributed by atoms with Crippen molar-refractivity contribution in [3.8, 4) is 50.2 Å². The van der Waals surface area contributed by atoms with Crippen LogP contribution in [-0.4, -0.2) is 4.57 Å². The van der Waals surface area contributed by atoms with Gasteiger partial charge in [-0.3, -0.25) is 0 Å². The molecule has 0 aliphatic heterocycles. The molecule has 60 heavy (non-hydrogen) atoms. The van der Waals surface area contributed by atoms with Gasteiger partial charge in [-0.2, -0.15) is 0 Å². The number of fused-ring (bicyclic) bond motifs is 5. The molecule has 1 heterocycles. The predicted octanol–water partition coefficient (Wildman–Crippen LogP) is 16.1. The van der Waals surface area contributed by atoms with Gasteiger partial charge in [0, 0.05) is 33.5 Å². The highest BCUT2D eigenvalue weighted by Crippen LogP contribution is 2.44. The number of benzene rings is 10. The zero-order valence-corrected chi connectivity index (χ0v) is 33.0. The molecule has 0 fully saturated rings. The van der Waals surface area contributed by atoms with Crippen LogP contribution in [-0.2, 0) is 0 Å². The van der Waals surface area contributed by atoms with Gasteiger partial charge in [-0.15, -0.1) is 0 Å². The first kappa shape index (κ1) is 35.2. The maximum absolute atomic E-state index is 2.42. The van der Waals surface area contributed by atoms with Gasteiger partial charge in [0.05, 0.1) is 11.0 Å². The van der Waals surface area contributed by atoms with Gasteiger partial charge in [-0.1, -0.05) is 176 Å². The molecule has 282 valence electrons. The van der Waals surface area contributed by atoms with Gasteiger partial charge < -0.3 is 9.47 Å². The predicted molar refractivity (Wildman–Crippen MR) is 255 cm³/mol. The molecule has 0 saturated carbocycles. The van der Waals surface area contributed by atoms with Crippen LogP contribution in [0.3, 0.4) is 0 Å². The zero-order valence-electron chi connectivity index (χ0n) is 33.0. The van der Waals surface area contributed by atoms with Crippen molar-refractivity contribution >= 4 is 49.6 Å². The van der Waals surface area contributed by atoms with Crippen LogP contribution in [0.1, 0.15) is 0 Å². The first-order valence-electron chi connectivity index (χ1n) is 20.6. The smallest absolute Gasteiger partial charge is 0.0547 e. The summed E-state index contributed by atoms with van der Waals surface area (Å²) >= 11 is 0. The second-order valence-corrected chi connectivity index (χ2v) is 15.3. The number of rotatable bonds is 8. The van der Waals surface area contributed by atoms with Gasteiger partial charge in [0.25, 0.3) is 0 Å². The fourth-order valence-electron chi connectivity index (χ4n) is 8.93. The lowest BCUT2D eigenvalue weighted by atomic mass is 9.96. The molecule has 1 aromatic heterocycles. The standard InChI is InChI=1S/C58H40N2/c1-4-15-41(16-5-1)43-29-34-50(35-30-43)59(51-36-31-44(32-37-51)47-21-12-20-46(39-47)42-17-6-2-7-18-42)52-25-13-22-48(40-52)54-27-14-28-55-58(54)57-53-26-11-10-19-45(53)33-38-56(57)60(55)49-23-8-3-9-24-49/h1-40H. The van der Waals surface area contributed by atoms with Crippen LogP contribution < -0.4 is 4.90 Å². The topological polar surface area (TPSA) is 8.17 Å². The minimum Gasteiger partial charge on any atom is -0.310 e. The van der Waals surface area contributed by atoms with Crippen molar-refractivity contribution < 1.29 is 0 Å². The molecule has 0 aliphatic rings. The Morgan fingerprint density at radius 3 is 1.47 bits per heavy atom. The number of nitrogens with zero attached hydrogens (tertiary/aromatic N) is 2. The van der Waals surface area contributed by atoms with Gasteiger partial charge >= 0.3 is 0 Å². The number of anilines is 3. The van der Waals surface area contributed by atoms with Crippen molar-refractivity contribution in [3.63, 3.8) is 0 Å². The summed E-state index contributed by atoms with van der Waals surface area (Å²) in [6.07, 6.45) is 0. The fourth-order valence-corrected chi connectivity index (χ4v) is 8.93. The molecule has 2 nitrogen and oxygen atoms in total. The lowest BCUT2D eigenvalue weighted by Gasteiger charge is -2.26. The van der Waals surface area contributed by atoms with E-state index in [4.69, 9.17) is 0 Å². The fraction of sp³-hybridized carbons (Fsp3) is 0. The molecule has 0 atom stereocenters. The summed E-state index contributed by atoms with van der Waals surface area (Å²) in [6.45, 7) is 0. The summed E-state index contributed by atoms with van der Waals surface area (Å²) in [7, 11) is 0. The van der Waals surface area contributed by atoms with Gasteiger partial charge in [-0.25, -0.2) is 0 Å². The molecule has 0 bridgehead atoms. The van der Waals surface area contributed by atoms with E-state index in [0.717, 1.165) is 22.7 Å². The maximum Gasteiger partial charge on any atom is 0.0547 e. The summed E-state index contributed by atoms with van der Waals surface area (Å²) in [5, 5.41) is 5.02. The summed E-state index contributed by atoms with van der Waals surface area (Å²) in [5.41, 5.74) is 16.4. The molecule has 0 amide bonds. The summed E-state index contributed by atoms with van der Waals surface area (Å²) < 4.78 is 2.42. The minimum atomic E-state index is 1.09. The highest BCUT2D eigenvalue weighted by molar-refractivity contribution is 6.25. The molecular formula is C58H40N2. The molecule has 10 aromatic carbocycles. The Labute approximate surface area is 350 Å². The van der Waals surface area contributed by atoms with Crippen molar-refractivity contribution in [3.05, 3.63) is 243 Å². The van der Waals surface area contributed by atoms with Crippen LogP contribution >= 0.6 is 0 Å². The van der Waals surface area contributed by atoms with E-state index in [9.17, 15) is 0 Å². The average molecular weight is 765 g/mol. The Kier molecular flexibility index (Phi) is 8.87. The van der Waals surface area contributed by atoms with Crippen LogP contribution in [0.4, 0.5) is 17.1 Å². The van der Waals surface area contributed by atoms with Gasteiger partial charge in [0.15, 0.2) is 0 Å². The average Bonchev–Trinajstić information content (AvgIpc) is 3.68. The first-order valence-corrected chi connectivity index (χ1v) is 20.6. The highest BCUT2D eigenvalue weighted by Gasteiger charge is 2.20. The SMILES string of the molecule is c1ccc(-c2ccc(N(c3ccc(-c4cccc(-c5ccccc5)c4)cc3)c3cccc(-c4cccc5c4c4c6ccccc6ccc4n5-c4ccccc4)c3)cc2)cc1. The normalized spacial score (nSPS) is 11.3. The van der Waals surface area contributed by atoms with E-state index in [1.165, 1.54) is 77.1 Å². The van der Waals surface area contributed by atoms with Crippen molar-refractivity contribution in [1.29, 1.82) is 0 Å². The van der Waals surface area contributed by atoms with E-state index < -0.39 is 0 Å². The third-order valence-corrected chi connectivity index (χ3v) is 11.8. The van der Waals surface area contributed by atoms with Crippen LogP contribution in [0, 0.1) is 0 Å². The highest BCUT2D eigenvalue weighted by atomic mass is 15.1. The van der Waals surface area contributed by atoms with Crippen molar-refractivity contribution in [2.24, 2.45) is 0 Å². The molecule has 11 rings (SSSR count). The third-order valence-electron chi connectivity index (χ3n) is 11.8. The summed E-state index contributed by atoms with van der Waals surface area (Å²) in [5.74, 6) is 0. The lowest BCUT2D eigenvalue weighted by molar-refractivity contribution is 1.18. The van der Waals surface area contributed by atoms with E-state index in [-0.39, 0.29) is 0 Å². The van der Waals surface area contributed by atoms with Gasteiger partial charge in [0.2, 0.25) is 0 Å². The van der Waals surface area contributed by atoms with E-state index in [1.54, 1.807) is 0 Å². The van der Waals surface area contributed by atoms with Crippen molar-refractivity contribution in [2.45, 2.75) is 0 Å². The second-order valence-electron chi connectivity index (χ2n) is 15.3. The molecule has 0 saturated heterocycles. The summed E-state index contributed by atoms with van der Waals surface area (Å²) in [4.78, 5) is 2.38. The van der Waals surface area contributed by atoms with Crippen molar-refractivity contribution in [1.82, 2.24) is 4.57 Å². The van der Waals surface area contributed by atoms with Crippen molar-refractivity contribution in [2.75, 3.05) is 4.90 Å². The van der Waals surface area contributed by atoms with Crippen LogP contribution in [0.5, 0.6) is 0 Å². The molecule has 0 aliphatic carbocycles.